The van der Waals surface area contributed by atoms with E-state index in [1.165, 1.54) is 0 Å². The second-order valence-electron chi connectivity index (χ2n) is 4.69. The zero-order valence-electron chi connectivity index (χ0n) is 12.0. The molecule has 1 amide bonds. The molecular formula is C14H21N3O3. The molecule has 1 aromatic rings. The van der Waals surface area contributed by atoms with Gasteiger partial charge in [0.1, 0.15) is 11.7 Å². The summed E-state index contributed by atoms with van der Waals surface area (Å²) in [5.41, 5.74) is 6.19. The summed E-state index contributed by atoms with van der Waals surface area (Å²) in [5.74, 6) is -0.412. The molecule has 0 spiro atoms. The number of rotatable bonds is 6. The summed E-state index contributed by atoms with van der Waals surface area (Å²) in [6, 6.07) is 7.03. The SMILES string of the molecule is CCOc1ccc(NC(=O)C(C(N)=NO)C(C)C)cc1. The van der Waals surface area contributed by atoms with Gasteiger partial charge in [0, 0.05) is 5.69 Å². The molecule has 0 aliphatic rings. The second kappa shape index (κ2) is 7.37. The highest BCUT2D eigenvalue weighted by Crippen LogP contribution is 2.18. The fraction of sp³-hybridized carbons (Fsp3) is 0.429. The summed E-state index contributed by atoms with van der Waals surface area (Å²) in [4.78, 5) is 12.2. The first-order valence-corrected chi connectivity index (χ1v) is 6.50. The molecule has 0 aliphatic heterocycles. The molecule has 20 heavy (non-hydrogen) atoms. The van der Waals surface area contributed by atoms with Crippen LogP contribution in [0.15, 0.2) is 29.4 Å². The quantitative estimate of drug-likeness (QED) is 0.321. The van der Waals surface area contributed by atoms with Crippen LogP contribution in [0.2, 0.25) is 0 Å². The van der Waals surface area contributed by atoms with Crippen molar-refractivity contribution in [3.05, 3.63) is 24.3 Å². The lowest BCUT2D eigenvalue weighted by atomic mass is 9.94. The van der Waals surface area contributed by atoms with Gasteiger partial charge in [-0.05, 0) is 37.1 Å². The van der Waals surface area contributed by atoms with Crippen molar-refractivity contribution >= 4 is 17.4 Å². The molecule has 1 atom stereocenters. The maximum absolute atomic E-state index is 12.2. The summed E-state index contributed by atoms with van der Waals surface area (Å²) >= 11 is 0. The minimum absolute atomic E-state index is 0.0754. The molecule has 0 heterocycles. The van der Waals surface area contributed by atoms with E-state index in [1.54, 1.807) is 24.3 Å². The van der Waals surface area contributed by atoms with Gasteiger partial charge in [-0.25, -0.2) is 0 Å². The normalized spacial score (nSPS) is 13.1. The van der Waals surface area contributed by atoms with E-state index in [2.05, 4.69) is 10.5 Å². The maximum atomic E-state index is 12.2. The van der Waals surface area contributed by atoms with E-state index in [-0.39, 0.29) is 17.7 Å². The number of nitrogens with one attached hydrogen (secondary N) is 1. The molecule has 0 aromatic heterocycles. The van der Waals surface area contributed by atoms with Crippen LogP contribution in [-0.4, -0.2) is 23.6 Å². The van der Waals surface area contributed by atoms with Gasteiger partial charge in [-0.3, -0.25) is 4.79 Å². The van der Waals surface area contributed by atoms with E-state index in [0.717, 1.165) is 5.75 Å². The van der Waals surface area contributed by atoms with Crippen LogP contribution in [0, 0.1) is 11.8 Å². The van der Waals surface area contributed by atoms with Crippen LogP contribution in [0.3, 0.4) is 0 Å². The Kier molecular flexibility index (Phi) is 5.83. The maximum Gasteiger partial charge on any atom is 0.235 e. The lowest BCUT2D eigenvalue weighted by molar-refractivity contribution is -0.119. The van der Waals surface area contributed by atoms with Crippen molar-refractivity contribution in [2.75, 3.05) is 11.9 Å². The topological polar surface area (TPSA) is 96.9 Å². The van der Waals surface area contributed by atoms with Crippen LogP contribution < -0.4 is 15.8 Å². The second-order valence-corrected chi connectivity index (χ2v) is 4.69. The summed E-state index contributed by atoms with van der Waals surface area (Å²) in [5, 5.41) is 14.4. The van der Waals surface area contributed by atoms with Gasteiger partial charge in [-0.1, -0.05) is 19.0 Å². The lowest BCUT2D eigenvalue weighted by Crippen LogP contribution is -2.38. The highest BCUT2D eigenvalue weighted by molar-refractivity contribution is 6.07. The molecule has 110 valence electrons. The first kappa shape index (κ1) is 15.8. The van der Waals surface area contributed by atoms with E-state index < -0.39 is 5.92 Å². The van der Waals surface area contributed by atoms with Crippen molar-refractivity contribution in [1.82, 2.24) is 0 Å². The van der Waals surface area contributed by atoms with Crippen molar-refractivity contribution in [1.29, 1.82) is 0 Å². The Bertz CT molecular complexity index is 469. The average Bonchev–Trinajstić information content (AvgIpc) is 2.40. The number of oxime groups is 1. The number of carbonyl (C=O) groups is 1. The number of amides is 1. The molecule has 1 aromatic carbocycles. The number of benzene rings is 1. The number of anilines is 1. The summed E-state index contributed by atoms with van der Waals surface area (Å²) in [6.45, 7) is 6.16. The minimum Gasteiger partial charge on any atom is -0.494 e. The monoisotopic (exact) mass is 279 g/mol. The highest BCUT2D eigenvalue weighted by atomic mass is 16.5. The van der Waals surface area contributed by atoms with Crippen molar-refractivity contribution in [2.24, 2.45) is 22.7 Å². The summed E-state index contributed by atoms with van der Waals surface area (Å²) in [7, 11) is 0. The molecule has 0 aliphatic carbocycles. The standard InChI is InChI=1S/C14H21N3O3/c1-4-20-11-7-5-10(6-8-11)16-14(18)12(9(2)3)13(15)17-19/h5-9,12,19H,4H2,1-3H3,(H2,15,17)(H,16,18). The number of nitrogens with zero attached hydrogens (tertiary/aromatic N) is 1. The Morgan fingerprint density at radius 1 is 1.40 bits per heavy atom. The highest BCUT2D eigenvalue weighted by Gasteiger charge is 2.26. The van der Waals surface area contributed by atoms with Crippen LogP contribution in [0.5, 0.6) is 5.75 Å². The lowest BCUT2D eigenvalue weighted by Gasteiger charge is -2.18. The Hall–Kier alpha value is -2.24. The van der Waals surface area contributed by atoms with Crippen molar-refractivity contribution < 1.29 is 14.7 Å². The smallest absolute Gasteiger partial charge is 0.235 e. The molecule has 0 saturated carbocycles. The zero-order chi connectivity index (χ0) is 15.1. The predicted octanol–water partition coefficient (Wildman–Crippen LogP) is 2.04. The molecule has 0 fully saturated rings. The summed E-state index contributed by atoms with van der Waals surface area (Å²) in [6.07, 6.45) is 0. The molecule has 1 rings (SSSR count). The van der Waals surface area contributed by atoms with Crippen molar-refractivity contribution in [3.8, 4) is 5.75 Å². The van der Waals surface area contributed by atoms with Crippen LogP contribution in [0.1, 0.15) is 20.8 Å². The fourth-order valence-electron chi connectivity index (χ4n) is 1.86. The predicted molar refractivity (Wildman–Crippen MR) is 78.0 cm³/mol. The Morgan fingerprint density at radius 3 is 2.45 bits per heavy atom. The Morgan fingerprint density at radius 2 is 2.00 bits per heavy atom. The summed E-state index contributed by atoms with van der Waals surface area (Å²) < 4.78 is 5.32. The van der Waals surface area contributed by atoms with Gasteiger partial charge in [0.05, 0.1) is 6.61 Å². The Balaban J connectivity index is 2.78. The van der Waals surface area contributed by atoms with E-state index in [4.69, 9.17) is 15.7 Å². The van der Waals surface area contributed by atoms with Gasteiger partial charge < -0.3 is 21.0 Å². The first-order valence-electron chi connectivity index (χ1n) is 6.50. The molecule has 0 saturated heterocycles. The van der Waals surface area contributed by atoms with E-state index in [1.807, 2.05) is 20.8 Å². The molecular weight excluding hydrogens is 258 g/mol. The number of hydrogen-bond donors (Lipinski definition) is 3. The molecule has 4 N–H and O–H groups in total. The van der Waals surface area contributed by atoms with E-state index in [0.29, 0.717) is 12.3 Å². The third kappa shape index (κ3) is 4.15. The van der Waals surface area contributed by atoms with Crippen LogP contribution >= 0.6 is 0 Å². The number of ether oxygens (including phenoxy) is 1. The molecule has 0 radical (unpaired) electrons. The fourth-order valence-corrected chi connectivity index (χ4v) is 1.86. The third-order valence-electron chi connectivity index (χ3n) is 2.82. The largest absolute Gasteiger partial charge is 0.494 e. The van der Waals surface area contributed by atoms with Crippen molar-refractivity contribution in [2.45, 2.75) is 20.8 Å². The number of amidine groups is 1. The first-order chi connectivity index (χ1) is 9.49. The minimum atomic E-state index is -0.674. The third-order valence-corrected chi connectivity index (χ3v) is 2.82. The van der Waals surface area contributed by atoms with Crippen LogP contribution in [0.4, 0.5) is 5.69 Å². The van der Waals surface area contributed by atoms with Gasteiger partial charge >= 0.3 is 0 Å². The number of nitrogens with two attached hydrogens (primary N) is 1. The van der Waals surface area contributed by atoms with Gasteiger partial charge in [0.25, 0.3) is 0 Å². The molecule has 1 unspecified atom stereocenters. The Labute approximate surface area is 118 Å². The molecule has 6 nitrogen and oxygen atoms in total. The molecule has 0 bridgehead atoms. The van der Waals surface area contributed by atoms with Gasteiger partial charge in [0.15, 0.2) is 5.84 Å². The van der Waals surface area contributed by atoms with Gasteiger partial charge in [-0.2, -0.15) is 0 Å². The van der Waals surface area contributed by atoms with E-state index >= 15 is 0 Å². The number of carbonyl (C=O) groups excluding carboxylic acids is 1. The zero-order valence-corrected chi connectivity index (χ0v) is 12.0. The van der Waals surface area contributed by atoms with Gasteiger partial charge in [0.2, 0.25) is 5.91 Å². The number of hydrogen-bond acceptors (Lipinski definition) is 4. The molecule has 6 heteroatoms. The average molecular weight is 279 g/mol. The van der Waals surface area contributed by atoms with Gasteiger partial charge in [-0.15, -0.1) is 0 Å². The van der Waals surface area contributed by atoms with E-state index in [9.17, 15) is 4.79 Å². The van der Waals surface area contributed by atoms with Crippen molar-refractivity contribution in [3.63, 3.8) is 0 Å². The van der Waals surface area contributed by atoms with Crippen LogP contribution in [0.25, 0.3) is 0 Å². The van der Waals surface area contributed by atoms with Crippen LogP contribution in [-0.2, 0) is 4.79 Å².